The van der Waals surface area contributed by atoms with Crippen LogP contribution in [-0.4, -0.2) is 37.9 Å². The van der Waals surface area contributed by atoms with Crippen molar-refractivity contribution >= 4 is 11.9 Å². The maximum atomic E-state index is 12.9. The lowest BCUT2D eigenvalue weighted by molar-refractivity contribution is -0.163. The molecule has 0 amide bonds. The SMILES string of the molecule is CCCCC/C=C\C/C=C\CCCCCCCCCCCC(=O)OCC(COCCCCCCCCCCCC/C=C\CCCCCCCC)OC(=O)CCCCCCCCCCC/C=C\C/C=C\CCCCC. The molecule has 5 heteroatoms. The molecule has 0 aromatic rings. The molecule has 0 rings (SSSR count). The number of allylic oxidation sites excluding steroid dienone is 10. The van der Waals surface area contributed by atoms with Gasteiger partial charge in [0.25, 0.3) is 0 Å². The predicted octanol–water partition coefficient (Wildman–Crippen LogP) is 22.8. The first-order valence-corrected chi connectivity index (χ1v) is 32.8. The van der Waals surface area contributed by atoms with Gasteiger partial charge < -0.3 is 14.2 Å². The van der Waals surface area contributed by atoms with Gasteiger partial charge in [0.05, 0.1) is 6.61 Å². The third-order valence-electron chi connectivity index (χ3n) is 14.5. The van der Waals surface area contributed by atoms with Crippen molar-refractivity contribution in [2.24, 2.45) is 0 Å². The van der Waals surface area contributed by atoms with Crippen molar-refractivity contribution < 1.29 is 23.8 Å². The zero-order chi connectivity index (χ0) is 53.4. The number of esters is 2. The topological polar surface area (TPSA) is 61.8 Å². The maximum absolute atomic E-state index is 12.9. The summed E-state index contributed by atoms with van der Waals surface area (Å²) in [5, 5.41) is 0. The van der Waals surface area contributed by atoms with E-state index in [0.29, 0.717) is 19.4 Å². The summed E-state index contributed by atoms with van der Waals surface area (Å²) in [4.78, 5) is 25.7. The molecule has 1 unspecified atom stereocenters. The number of carbonyl (C=O) groups is 2. The molecular formula is C69H126O5. The van der Waals surface area contributed by atoms with Crippen molar-refractivity contribution in [1.82, 2.24) is 0 Å². The Hall–Kier alpha value is -2.40. The zero-order valence-electron chi connectivity index (χ0n) is 49.9. The van der Waals surface area contributed by atoms with E-state index in [-0.39, 0.29) is 25.2 Å². The Balaban J connectivity index is 4.27. The summed E-state index contributed by atoms with van der Waals surface area (Å²) in [5.41, 5.74) is 0. The number of hydrogen-bond donors (Lipinski definition) is 0. The number of hydrogen-bond acceptors (Lipinski definition) is 5. The second-order valence-electron chi connectivity index (χ2n) is 22.0. The molecule has 0 bridgehead atoms. The van der Waals surface area contributed by atoms with Crippen LogP contribution in [-0.2, 0) is 23.8 Å². The van der Waals surface area contributed by atoms with Crippen LogP contribution in [0.3, 0.4) is 0 Å². The minimum atomic E-state index is -0.543. The molecule has 0 aromatic carbocycles. The Bertz CT molecular complexity index is 1260. The summed E-state index contributed by atoms with van der Waals surface area (Å²) < 4.78 is 17.6. The summed E-state index contributed by atoms with van der Waals surface area (Å²) in [6.45, 7) is 7.82. The van der Waals surface area contributed by atoms with Gasteiger partial charge in [-0.15, -0.1) is 0 Å². The van der Waals surface area contributed by atoms with Gasteiger partial charge in [0, 0.05) is 19.4 Å². The minimum Gasteiger partial charge on any atom is -0.462 e. The van der Waals surface area contributed by atoms with Crippen molar-refractivity contribution in [1.29, 1.82) is 0 Å². The molecule has 0 N–H and O–H groups in total. The average Bonchev–Trinajstić information content (AvgIpc) is 3.40. The lowest BCUT2D eigenvalue weighted by Gasteiger charge is -2.18. The summed E-state index contributed by atoms with van der Waals surface area (Å²) in [6.07, 6.45) is 84.0. The van der Waals surface area contributed by atoms with Crippen LogP contribution < -0.4 is 0 Å². The van der Waals surface area contributed by atoms with E-state index >= 15 is 0 Å². The Labute approximate surface area is 462 Å². The van der Waals surface area contributed by atoms with E-state index in [1.165, 1.54) is 257 Å². The van der Waals surface area contributed by atoms with E-state index in [2.05, 4.69) is 81.5 Å². The van der Waals surface area contributed by atoms with Crippen molar-refractivity contribution in [3.05, 3.63) is 60.8 Å². The van der Waals surface area contributed by atoms with Crippen LogP contribution in [0.2, 0.25) is 0 Å². The molecule has 0 radical (unpaired) electrons. The predicted molar refractivity (Wildman–Crippen MR) is 325 cm³/mol. The molecule has 74 heavy (non-hydrogen) atoms. The van der Waals surface area contributed by atoms with Crippen LogP contribution in [0.5, 0.6) is 0 Å². The lowest BCUT2D eigenvalue weighted by atomic mass is 10.1. The number of carbonyl (C=O) groups excluding carboxylic acids is 2. The molecule has 0 aliphatic carbocycles. The quantitative estimate of drug-likeness (QED) is 0.0345. The standard InChI is InChI=1S/C69H126O5/c1-4-7-10-13-16-19-22-25-28-31-34-37-40-43-46-49-52-55-58-61-64-72-65-67(74-69(71)63-60-57-54-51-48-45-42-39-36-33-30-27-24-21-18-15-12-9-6-3)66-73-68(70)62-59-56-53-50-47-44-41-38-35-32-29-26-23-20-17-14-11-8-5-2/h17-18,20-21,25-30,67H,4-16,19,22-24,31-66H2,1-3H3/b20-17-,21-18-,28-25-,29-26-,30-27-. The maximum Gasteiger partial charge on any atom is 0.306 e. The largest absolute Gasteiger partial charge is 0.462 e. The van der Waals surface area contributed by atoms with Crippen LogP contribution in [0.1, 0.15) is 342 Å². The fourth-order valence-electron chi connectivity index (χ4n) is 9.57. The van der Waals surface area contributed by atoms with Crippen LogP contribution in [0.4, 0.5) is 0 Å². The minimum absolute atomic E-state index is 0.0827. The fraction of sp³-hybridized carbons (Fsp3) is 0.826. The van der Waals surface area contributed by atoms with E-state index in [0.717, 1.165) is 51.4 Å². The second-order valence-corrected chi connectivity index (χ2v) is 22.0. The summed E-state index contributed by atoms with van der Waals surface area (Å²) in [7, 11) is 0. The Kier molecular flexibility index (Phi) is 62.8. The van der Waals surface area contributed by atoms with Crippen molar-refractivity contribution in [3.8, 4) is 0 Å². The normalized spacial score (nSPS) is 12.5. The highest BCUT2D eigenvalue weighted by Gasteiger charge is 2.18. The molecule has 0 saturated heterocycles. The molecule has 432 valence electrons. The molecule has 0 spiro atoms. The molecule has 5 nitrogen and oxygen atoms in total. The van der Waals surface area contributed by atoms with Crippen LogP contribution >= 0.6 is 0 Å². The summed E-state index contributed by atoms with van der Waals surface area (Å²) >= 11 is 0. The van der Waals surface area contributed by atoms with E-state index < -0.39 is 6.10 Å². The van der Waals surface area contributed by atoms with E-state index in [1.54, 1.807) is 0 Å². The van der Waals surface area contributed by atoms with Gasteiger partial charge in [-0.05, 0) is 109 Å². The van der Waals surface area contributed by atoms with Gasteiger partial charge in [-0.2, -0.15) is 0 Å². The highest BCUT2D eigenvalue weighted by Crippen LogP contribution is 2.16. The van der Waals surface area contributed by atoms with Gasteiger partial charge in [-0.25, -0.2) is 0 Å². The molecule has 0 aliphatic rings. The highest BCUT2D eigenvalue weighted by atomic mass is 16.6. The second kappa shape index (κ2) is 64.9. The first-order chi connectivity index (χ1) is 36.6. The average molecular weight is 1040 g/mol. The van der Waals surface area contributed by atoms with E-state index in [9.17, 15) is 9.59 Å². The number of unbranched alkanes of at least 4 members (excludes halogenated alkanes) is 40. The fourth-order valence-corrected chi connectivity index (χ4v) is 9.57. The third kappa shape index (κ3) is 62.1. The van der Waals surface area contributed by atoms with Gasteiger partial charge in [0.2, 0.25) is 0 Å². The first-order valence-electron chi connectivity index (χ1n) is 32.8. The Morgan fingerprint density at radius 3 is 0.932 bits per heavy atom. The molecule has 1 atom stereocenters. The molecule has 0 fully saturated rings. The van der Waals surface area contributed by atoms with Gasteiger partial charge in [-0.1, -0.05) is 281 Å². The Morgan fingerprint density at radius 2 is 0.568 bits per heavy atom. The monoisotopic (exact) mass is 1030 g/mol. The van der Waals surface area contributed by atoms with Crippen LogP contribution in [0.25, 0.3) is 0 Å². The number of ether oxygens (including phenoxy) is 3. The van der Waals surface area contributed by atoms with Gasteiger partial charge in [-0.3, -0.25) is 9.59 Å². The molecule has 0 heterocycles. The van der Waals surface area contributed by atoms with Crippen LogP contribution in [0, 0.1) is 0 Å². The third-order valence-corrected chi connectivity index (χ3v) is 14.5. The molecule has 0 saturated carbocycles. The molecular weight excluding hydrogens is 909 g/mol. The summed E-state index contributed by atoms with van der Waals surface area (Å²) in [5.74, 6) is -0.390. The van der Waals surface area contributed by atoms with E-state index in [1.807, 2.05) is 0 Å². The zero-order valence-corrected chi connectivity index (χ0v) is 49.9. The number of rotatable bonds is 61. The van der Waals surface area contributed by atoms with Crippen molar-refractivity contribution in [2.75, 3.05) is 19.8 Å². The lowest BCUT2D eigenvalue weighted by Crippen LogP contribution is -2.30. The molecule has 0 aromatic heterocycles. The van der Waals surface area contributed by atoms with Crippen LogP contribution in [0.15, 0.2) is 60.8 Å². The van der Waals surface area contributed by atoms with E-state index in [4.69, 9.17) is 14.2 Å². The highest BCUT2D eigenvalue weighted by molar-refractivity contribution is 5.70. The van der Waals surface area contributed by atoms with Crippen molar-refractivity contribution in [3.63, 3.8) is 0 Å². The van der Waals surface area contributed by atoms with Crippen molar-refractivity contribution in [2.45, 2.75) is 348 Å². The van der Waals surface area contributed by atoms with Gasteiger partial charge in [0.1, 0.15) is 6.61 Å². The summed E-state index contributed by atoms with van der Waals surface area (Å²) in [6, 6.07) is 0. The molecule has 0 aliphatic heterocycles. The smallest absolute Gasteiger partial charge is 0.306 e. The Morgan fingerprint density at radius 1 is 0.297 bits per heavy atom. The van der Waals surface area contributed by atoms with Gasteiger partial charge in [0.15, 0.2) is 6.10 Å². The first kappa shape index (κ1) is 71.6. The van der Waals surface area contributed by atoms with Gasteiger partial charge >= 0.3 is 11.9 Å².